The highest BCUT2D eigenvalue weighted by Crippen LogP contribution is 2.15. The Kier molecular flexibility index (Phi) is 3.43. The standard InChI is InChI=1S/C10H8O3S/c1-7(11)10-8(5-6-14-10)3-2-4-9(12)13/h5-6H,4H2,1H3,(H,12,13). The van der Waals surface area contributed by atoms with Gasteiger partial charge < -0.3 is 5.11 Å². The zero-order valence-corrected chi connectivity index (χ0v) is 8.35. The van der Waals surface area contributed by atoms with Gasteiger partial charge in [-0.2, -0.15) is 0 Å². The van der Waals surface area contributed by atoms with Gasteiger partial charge in [-0.25, -0.2) is 0 Å². The van der Waals surface area contributed by atoms with Crippen LogP contribution in [0.25, 0.3) is 0 Å². The van der Waals surface area contributed by atoms with Crippen molar-refractivity contribution in [3.63, 3.8) is 0 Å². The molecule has 1 aromatic rings. The number of Topliss-reactive ketones (excluding diaryl/α,β-unsaturated/α-hetero) is 1. The molecule has 3 nitrogen and oxygen atoms in total. The van der Waals surface area contributed by atoms with Crippen LogP contribution in [-0.2, 0) is 4.79 Å². The molecule has 0 spiro atoms. The predicted octanol–water partition coefficient (Wildman–Crippen LogP) is 1.78. The zero-order valence-electron chi connectivity index (χ0n) is 7.53. The second kappa shape index (κ2) is 4.58. The third-order valence-electron chi connectivity index (χ3n) is 1.45. The van der Waals surface area contributed by atoms with E-state index in [1.807, 2.05) is 0 Å². The molecule has 0 bridgehead atoms. The first kappa shape index (κ1) is 10.5. The van der Waals surface area contributed by atoms with Crippen LogP contribution in [0.3, 0.4) is 0 Å². The fourth-order valence-electron chi connectivity index (χ4n) is 0.895. The second-order valence-electron chi connectivity index (χ2n) is 2.59. The average Bonchev–Trinajstić information content (AvgIpc) is 2.51. The van der Waals surface area contributed by atoms with E-state index in [0.29, 0.717) is 10.4 Å². The van der Waals surface area contributed by atoms with Gasteiger partial charge in [0.2, 0.25) is 0 Å². The SMILES string of the molecule is CC(=O)c1sccc1C#CCC(=O)O. The lowest BCUT2D eigenvalue weighted by Crippen LogP contribution is -1.92. The monoisotopic (exact) mass is 208 g/mol. The quantitative estimate of drug-likeness (QED) is 0.595. The molecule has 0 atom stereocenters. The van der Waals surface area contributed by atoms with Gasteiger partial charge in [0.1, 0.15) is 6.42 Å². The van der Waals surface area contributed by atoms with Crippen molar-refractivity contribution in [3.8, 4) is 11.8 Å². The van der Waals surface area contributed by atoms with E-state index in [-0.39, 0.29) is 12.2 Å². The molecule has 0 amide bonds. The Hall–Kier alpha value is -1.60. The number of carboxylic acids is 1. The minimum absolute atomic E-state index is 0.0420. The molecule has 0 aliphatic carbocycles. The highest BCUT2D eigenvalue weighted by Gasteiger charge is 2.05. The molecule has 1 N–H and O–H groups in total. The molecule has 0 unspecified atom stereocenters. The lowest BCUT2D eigenvalue weighted by atomic mass is 10.2. The Morgan fingerprint density at radius 2 is 2.29 bits per heavy atom. The summed E-state index contributed by atoms with van der Waals surface area (Å²) in [5.74, 6) is 4.15. The van der Waals surface area contributed by atoms with E-state index in [2.05, 4.69) is 11.8 Å². The number of rotatable bonds is 2. The molecule has 4 heteroatoms. The first-order chi connectivity index (χ1) is 6.61. The van der Waals surface area contributed by atoms with Crippen molar-refractivity contribution in [3.05, 3.63) is 21.9 Å². The minimum atomic E-state index is -0.961. The molecule has 72 valence electrons. The van der Waals surface area contributed by atoms with Crippen molar-refractivity contribution in [2.45, 2.75) is 13.3 Å². The molecule has 0 saturated carbocycles. The summed E-state index contributed by atoms with van der Waals surface area (Å²) in [7, 11) is 0. The van der Waals surface area contributed by atoms with Crippen LogP contribution in [0.4, 0.5) is 0 Å². The van der Waals surface area contributed by atoms with Gasteiger partial charge in [-0.15, -0.1) is 11.3 Å². The van der Waals surface area contributed by atoms with Crippen molar-refractivity contribution in [1.82, 2.24) is 0 Å². The van der Waals surface area contributed by atoms with E-state index in [4.69, 9.17) is 5.11 Å². The first-order valence-electron chi connectivity index (χ1n) is 3.90. The Morgan fingerprint density at radius 3 is 2.86 bits per heavy atom. The maximum atomic E-state index is 11.1. The lowest BCUT2D eigenvalue weighted by molar-refractivity contribution is -0.135. The first-order valence-corrected chi connectivity index (χ1v) is 4.78. The third-order valence-corrected chi connectivity index (χ3v) is 2.46. The van der Waals surface area contributed by atoms with Crippen molar-refractivity contribution in [2.24, 2.45) is 0 Å². The lowest BCUT2D eigenvalue weighted by Gasteiger charge is -1.88. The number of thiophene rings is 1. The number of carbonyl (C=O) groups is 2. The smallest absolute Gasteiger partial charge is 0.315 e. The zero-order chi connectivity index (χ0) is 10.6. The molecule has 0 aliphatic heterocycles. The number of ketones is 1. The topological polar surface area (TPSA) is 54.4 Å². The number of aliphatic carboxylic acids is 1. The number of carboxylic acid groups (broad SMARTS) is 1. The fraction of sp³-hybridized carbons (Fsp3) is 0.200. The molecule has 0 radical (unpaired) electrons. The van der Waals surface area contributed by atoms with Gasteiger partial charge in [0.25, 0.3) is 0 Å². The van der Waals surface area contributed by atoms with Crippen LogP contribution >= 0.6 is 11.3 Å². The van der Waals surface area contributed by atoms with Gasteiger partial charge in [0.05, 0.1) is 4.88 Å². The van der Waals surface area contributed by atoms with Crippen LogP contribution in [0, 0.1) is 11.8 Å². The summed E-state index contributed by atoms with van der Waals surface area (Å²) in [4.78, 5) is 21.8. The molecule has 0 aromatic carbocycles. The number of hydrogen-bond acceptors (Lipinski definition) is 3. The van der Waals surface area contributed by atoms with Gasteiger partial charge in [-0.1, -0.05) is 11.8 Å². The van der Waals surface area contributed by atoms with E-state index in [9.17, 15) is 9.59 Å². The van der Waals surface area contributed by atoms with Crippen molar-refractivity contribution in [2.75, 3.05) is 0 Å². The van der Waals surface area contributed by atoms with Gasteiger partial charge in [-0.3, -0.25) is 9.59 Å². The predicted molar refractivity (Wildman–Crippen MR) is 53.5 cm³/mol. The highest BCUT2D eigenvalue weighted by molar-refractivity contribution is 7.12. The highest BCUT2D eigenvalue weighted by atomic mass is 32.1. The normalized spacial score (nSPS) is 8.93. The number of carbonyl (C=O) groups excluding carboxylic acids is 1. The summed E-state index contributed by atoms with van der Waals surface area (Å²) in [6.45, 7) is 1.47. The summed E-state index contributed by atoms with van der Waals surface area (Å²) in [5, 5.41) is 10.1. The maximum absolute atomic E-state index is 11.1. The molecule has 1 aromatic heterocycles. The molecule has 0 fully saturated rings. The molecular formula is C10H8O3S. The summed E-state index contributed by atoms with van der Waals surface area (Å²) in [5.41, 5.74) is 0.615. The van der Waals surface area contributed by atoms with Crippen molar-refractivity contribution >= 4 is 23.1 Å². The summed E-state index contributed by atoms with van der Waals surface area (Å²) in [6, 6.07) is 1.72. The Labute approximate surface area is 85.4 Å². The van der Waals surface area contributed by atoms with Crippen molar-refractivity contribution < 1.29 is 14.7 Å². The van der Waals surface area contributed by atoms with Crippen LogP contribution in [0.15, 0.2) is 11.4 Å². The van der Waals surface area contributed by atoms with E-state index >= 15 is 0 Å². The van der Waals surface area contributed by atoms with Crippen LogP contribution in [-0.4, -0.2) is 16.9 Å². The van der Waals surface area contributed by atoms with Gasteiger partial charge in [-0.05, 0) is 18.4 Å². The molecule has 1 heterocycles. The van der Waals surface area contributed by atoms with Crippen LogP contribution in [0.2, 0.25) is 0 Å². The summed E-state index contributed by atoms with van der Waals surface area (Å²) < 4.78 is 0. The molecule has 0 saturated heterocycles. The van der Waals surface area contributed by atoms with E-state index in [0.717, 1.165) is 0 Å². The van der Waals surface area contributed by atoms with E-state index < -0.39 is 5.97 Å². The van der Waals surface area contributed by atoms with Crippen molar-refractivity contribution in [1.29, 1.82) is 0 Å². The van der Waals surface area contributed by atoms with Crippen LogP contribution in [0.5, 0.6) is 0 Å². The maximum Gasteiger partial charge on any atom is 0.315 e. The van der Waals surface area contributed by atoms with Gasteiger partial charge >= 0.3 is 5.97 Å². The van der Waals surface area contributed by atoms with Crippen LogP contribution < -0.4 is 0 Å². The summed E-state index contributed by atoms with van der Waals surface area (Å²) in [6.07, 6.45) is -0.201. The largest absolute Gasteiger partial charge is 0.481 e. The molecule has 0 aliphatic rings. The van der Waals surface area contributed by atoms with Gasteiger partial charge in [0.15, 0.2) is 5.78 Å². The minimum Gasteiger partial charge on any atom is -0.481 e. The molecule has 14 heavy (non-hydrogen) atoms. The third kappa shape index (κ3) is 2.71. The molecular weight excluding hydrogens is 200 g/mol. The average molecular weight is 208 g/mol. The van der Waals surface area contributed by atoms with E-state index in [1.54, 1.807) is 11.4 Å². The van der Waals surface area contributed by atoms with Gasteiger partial charge in [0, 0.05) is 5.56 Å². The fourth-order valence-corrected chi connectivity index (χ4v) is 1.65. The Bertz CT molecular complexity index is 420. The van der Waals surface area contributed by atoms with Crippen LogP contribution in [0.1, 0.15) is 28.6 Å². The van der Waals surface area contributed by atoms with E-state index in [1.165, 1.54) is 18.3 Å². The Morgan fingerprint density at radius 1 is 1.57 bits per heavy atom. The summed E-state index contributed by atoms with van der Waals surface area (Å²) >= 11 is 1.32. The Balaban J connectivity index is 2.84. The second-order valence-corrected chi connectivity index (χ2v) is 3.51. The number of hydrogen-bond donors (Lipinski definition) is 1. The molecule has 1 rings (SSSR count).